The minimum atomic E-state index is 0.847. The summed E-state index contributed by atoms with van der Waals surface area (Å²) in [5, 5.41) is 0. The van der Waals surface area contributed by atoms with Gasteiger partial charge in [-0.2, -0.15) is 0 Å². The lowest BCUT2D eigenvalue weighted by Gasteiger charge is -1.82. The molecule has 0 aromatic rings. The van der Waals surface area contributed by atoms with Crippen LogP contribution in [-0.2, 0) is 0 Å². The quantitative estimate of drug-likeness (QED) is 0.336. The summed E-state index contributed by atoms with van der Waals surface area (Å²) in [6, 6.07) is 0. The van der Waals surface area contributed by atoms with Crippen LogP contribution in [0.5, 0.6) is 0 Å². The van der Waals surface area contributed by atoms with Gasteiger partial charge >= 0.3 is 0 Å². The molecule has 0 atom stereocenters. The maximum atomic E-state index is 3.13. The van der Waals surface area contributed by atoms with Gasteiger partial charge in [-0.1, -0.05) is 26.2 Å². The topological polar surface area (TPSA) is 0 Å². The highest BCUT2D eigenvalue weighted by molar-refractivity contribution is 5.04. The Morgan fingerprint density at radius 2 is 1.92 bits per heavy atom. The zero-order chi connectivity index (χ0) is 9.07. The summed E-state index contributed by atoms with van der Waals surface area (Å²) < 4.78 is 0. The van der Waals surface area contributed by atoms with Gasteiger partial charge in [0.05, 0.1) is 0 Å². The zero-order valence-electron chi connectivity index (χ0n) is 8.19. The molecule has 0 saturated carbocycles. The summed E-state index contributed by atoms with van der Waals surface area (Å²) in [4.78, 5) is 0. The molecule has 0 unspecified atom stereocenters. The second kappa shape index (κ2) is 10.1. The number of rotatable bonds is 4. The molecule has 0 aliphatic rings. The molecule has 0 aliphatic carbocycles. The highest BCUT2D eigenvalue weighted by Gasteiger charge is 1.74. The molecule has 0 saturated heterocycles. The normalized spacial score (nSPS) is 7.83. The van der Waals surface area contributed by atoms with E-state index < -0.39 is 0 Å². The predicted molar refractivity (Wildman–Crippen MR) is 54.9 cm³/mol. The molecule has 0 bridgehead atoms. The molecule has 0 aliphatic heterocycles. The molecule has 0 aromatic heterocycles. The first-order chi connectivity index (χ1) is 5.91. The first-order valence-corrected chi connectivity index (χ1v) is 4.77. The number of hydrogen-bond acceptors (Lipinski definition) is 0. The van der Waals surface area contributed by atoms with Crippen LogP contribution in [0.25, 0.3) is 0 Å². The van der Waals surface area contributed by atoms with Crippen LogP contribution in [0.2, 0.25) is 0 Å². The third kappa shape index (κ3) is 9.08. The van der Waals surface area contributed by atoms with Crippen molar-refractivity contribution in [2.75, 3.05) is 0 Å². The van der Waals surface area contributed by atoms with Gasteiger partial charge in [0, 0.05) is 12.8 Å². The van der Waals surface area contributed by atoms with Crippen molar-refractivity contribution in [2.24, 2.45) is 0 Å². The Kier molecular flexibility index (Phi) is 9.31. The molecule has 0 fully saturated rings. The van der Waals surface area contributed by atoms with Crippen LogP contribution in [0.15, 0.2) is 17.9 Å². The van der Waals surface area contributed by atoms with Crippen molar-refractivity contribution in [1.82, 2.24) is 0 Å². The largest absolute Gasteiger partial charge is 0.129 e. The third-order valence-electron chi connectivity index (χ3n) is 1.42. The van der Waals surface area contributed by atoms with Crippen LogP contribution >= 0.6 is 0 Å². The monoisotopic (exact) mass is 162 g/mol. The molecule has 0 heteroatoms. The van der Waals surface area contributed by atoms with E-state index in [4.69, 9.17) is 0 Å². The van der Waals surface area contributed by atoms with Gasteiger partial charge in [0.1, 0.15) is 0 Å². The molecule has 0 amide bonds. The van der Waals surface area contributed by atoms with E-state index in [1.165, 1.54) is 12.8 Å². The maximum Gasteiger partial charge on any atom is 0.0344 e. The molecule has 0 aromatic carbocycles. The molecule has 0 spiro atoms. The second-order valence-corrected chi connectivity index (χ2v) is 2.64. The van der Waals surface area contributed by atoms with E-state index in [2.05, 4.69) is 31.4 Å². The van der Waals surface area contributed by atoms with E-state index >= 15 is 0 Å². The molecule has 66 valence electrons. The van der Waals surface area contributed by atoms with E-state index in [-0.39, 0.29) is 0 Å². The average Bonchev–Trinajstić information content (AvgIpc) is 2.10. The van der Waals surface area contributed by atoms with Gasteiger partial charge in [-0.3, -0.25) is 0 Å². The Morgan fingerprint density at radius 1 is 1.08 bits per heavy atom. The average molecular weight is 162 g/mol. The van der Waals surface area contributed by atoms with Crippen LogP contribution in [0, 0.1) is 11.8 Å². The maximum absolute atomic E-state index is 3.13. The van der Waals surface area contributed by atoms with Crippen molar-refractivity contribution in [1.29, 1.82) is 0 Å². The molecule has 12 heavy (non-hydrogen) atoms. The number of hydrogen-bond donors (Lipinski definition) is 0. The lowest BCUT2D eigenvalue weighted by atomic mass is 10.2. The highest BCUT2D eigenvalue weighted by atomic mass is 13.8. The highest BCUT2D eigenvalue weighted by Crippen LogP contribution is 1.90. The van der Waals surface area contributed by atoms with Crippen molar-refractivity contribution in [3.05, 3.63) is 17.9 Å². The van der Waals surface area contributed by atoms with E-state index in [9.17, 15) is 0 Å². The minimum Gasteiger partial charge on any atom is -0.129 e. The van der Waals surface area contributed by atoms with Crippen LogP contribution < -0.4 is 0 Å². The van der Waals surface area contributed by atoms with Crippen molar-refractivity contribution >= 4 is 0 Å². The molecule has 0 rings (SSSR count). The standard InChI is InChI=1S/C12H18/c1-3-5-7-9-11-12-10-8-6-4-2/h5,9H,3-4,6,8,11H2,1-2H3. The fraction of sp³-hybridized carbons (Fsp3) is 0.583. The van der Waals surface area contributed by atoms with Crippen LogP contribution in [-0.4, -0.2) is 0 Å². The Hall–Kier alpha value is -0.920. The van der Waals surface area contributed by atoms with Gasteiger partial charge in [0.15, 0.2) is 0 Å². The summed E-state index contributed by atoms with van der Waals surface area (Å²) in [7, 11) is 0. The van der Waals surface area contributed by atoms with Crippen molar-refractivity contribution in [3.63, 3.8) is 0 Å². The first-order valence-electron chi connectivity index (χ1n) is 4.77. The smallest absolute Gasteiger partial charge is 0.0344 e. The Labute approximate surface area is 76.4 Å². The predicted octanol–water partition coefficient (Wildman–Crippen LogP) is 3.69. The van der Waals surface area contributed by atoms with Gasteiger partial charge in [-0.25, -0.2) is 0 Å². The van der Waals surface area contributed by atoms with Gasteiger partial charge in [0.2, 0.25) is 0 Å². The summed E-state index contributed by atoms with van der Waals surface area (Å²) in [6.07, 6.45) is 9.42. The molecular formula is C12H18. The Bertz CT molecular complexity index is 194. The van der Waals surface area contributed by atoms with Gasteiger partial charge in [-0.05, 0) is 25.0 Å². The summed E-state index contributed by atoms with van der Waals surface area (Å²) in [5.74, 6) is 6.22. The molecule has 0 radical (unpaired) electrons. The number of allylic oxidation sites excluding steroid dienone is 1. The van der Waals surface area contributed by atoms with Crippen LogP contribution in [0.3, 0.4) is 0 Å². The third-order valence-corrected chi connectivity index (χ3v) is 1.42. The van der Waals surface area contributed by atoms with Crippen LogP contribution in [0.1, 0.15) is 46.0 Å². The number of unbranched alkanes of at least 4 members (excludes halogenated alkanes) is 2. The summed E-state index contributed by atoms with van der Waals surface area (Å²) >= 11 is 0. The SMILES string of the molecule is CCC=C=CCC#CCCCC. The van der Waals surface area contributed by atoms with E-state index in [1.54, 1.807) is 0 Å². The van der Waals surface area contributed by atoms with Crippen LogP contribution in [0.4, 0.5) is 0 Å². The van der Waals surface area contributed by atoms with Gasteiger partial charge in [-0.15, -0.1) is 11.7 Å². The lowest BCUT2D eigenvalue weighted by Crippen LogP contribution is -1.66. The molecule has 0 N–H and O–H groups in total. The van der Waals surface area contributed by atoms with E-state index in [0.29, 0.717) is 0 Å². The van der Waals surface area contributed by atoms with Crippen molar-refractivity contribution in [3.8, 4) is 11.8 Å². The fourth-order valence-corrected chi connectivity index (χ4v) is 0.737. The molecule has 0 nitrogen and oxygen atoms in total. The Balaban J connectivity index is 3.38. The second-order valence-electron chi connectivity index (χ2n) is 2.64. The van der Waals surface area contributed by atoms with Crippen molar-refractivity contribution < 1.29 is 0 Å². The molecule has 0 heterocycles. The minimum absolute atomic E-state index is 0.847. The summed E-state index contributed by atoms with van der Waals surface area (Å²) in [5.41, 5.74) is 3.07. The van der Waals surface area contributed by atoms with E-state index in [1.807, 2.05) is 12.2 Å². The first kappa shape index (κ1) is 11.1. The summed E-state index contributed by atoms with van der Waals surface area (Å²) in [6.45, 7) is 4.29. The zero-order valence-corrected chi connectivity index (χ0v) is 8.19. The molecular weight excluding hydrogens is 144 g/mol. The lowest BCUT2D eigenvalue weighted by molar-refractivity contribution is 0.827. The van der Waals surface area contributed by atoms with E-state index in [0.717, 1.165) is 19.3 Å². The fourth-order valence-electron chi connectivity index (χ4n) is 0.737. The Morgan fingerprint density at radius 3 is 2.58 bits per heavy atom. The van der Waals surface area contributed by atoms with Gasteiger partial charge in [0.25, 0.3) is 0 Å². The van der Waals surface area contributed by atoms with Crippen molar-refractivity contribution in [2.45, 2.75) is 46.0 Å². The van der Waals surface area contributed by atoms with Gasteiger partial charge < -0.3 is 0 Å².